The molecule has 3 aliphatic rings. The molecule has 1 aliphatic heterocycles. The highest BCUT2D eigenvalue weighted by Gasteiger charge is 2.35. The minimum absolute atomic E-state index is 0.573. The number of piperidine rings is 1. The molecule has 2 atom stereocenters. The van der Waals surface area contributed by atoms with Crippen LogP contribution >= 0.6 is 0 Å². The molecule has 0 bridgehead atoms. The van der Waals surface area contributed by atoms with Gasteiger partial charge in [-0.25, -0.2) is 9.97 Å². The van der Waals surface area contributed by atoms with Crippen LogP contribution in [-0.2, 0) is 0 Å². The molecular formula is C16H24N4. The summed E-state index contributed by atoms with van der Waals surface area (Å²) in [4.78, 5) is 11.8. The SMILES string of the molecule is Nc1cc(N2CCC[C@H]3CCCC[C@H]32)nc(C2CC2)n1. The second-order valence-electron chi connectivity index (χ2n) is 6.73. The van der Waals surface area contributed by atoms with Crippen molar-refractivity contribution in [2.45, 2.75) is 63.3 Å². The number of nitrogens with zero attached hydrogens (tertiary/aromatic N) is 3. The minimum Gasteiger partial charge on any atom is -0.384 e. The lowest BCUT2D eigenvalue weighted by atomic mass is 9.78. The van der Waals surface area contributed by atoms with Crippen LogP contribution in [-0.4, -0.2) is 22.6 Å². The van der Waals surface area contributed by atoms with E-state index >= 15 is 0 Å². The van der Waals surface area contributed by atoms with Crippen molar-refractivity contribution < 1.29 is 0 Å². The van der Waals surface area contributed by atoms with Gasteiger partial charge in [0.15, 0.2) is 0 Å². The predicted octanol–water partition coefficient (Wildman–Crippen LogP) is 3.10. The van der Waals surface area contributed by atoms with Crippen molar-refractivity contribution in [1.82, 2.24) is 9.97 Å². The van der Waals surface area contributed by atoms with Crippen molar-refractivity contribution in [3.8, 4) is 0 Å². The van der Waals surface area contributed by atoms with Crippen LogP contribution in [0.2, 0.25) is 0 Å². The van der Waals surface area contributed by atoms with Crippen molar-refractivity contribution in [1.29, 1.82) is 0 Å². The molecular weight excluding hydrogens is 248 g/mol. The molecule has 4 heteroatoms. The molecule has 4 nitrogen and oxygen atoms in total. The Kier molecular flexibility index (Phi) is 3.04. The number of fused-ring (bicyclic) bond motifs is 1. The fraction of sp³-hybridized carbons (Fsp3) is 0.750. The molecule has 0 aromatic carbocycles. The Morgan fingerprint density at radius 3 is 2.65 bits per heavy atom. The molecule has 1 saturated heterocycles. The van der Waals surface area contributed by atoms with E-state index in [1.54, 1.807) is 0 Å². The second-order valence-corrected chi connectivity index (χ2v) is 6.73. The zero-order valence-corrected chi connectivity index (χ0v) is 12.1. The Balaban J connectivity index is 1.64. The molecule has 2 aliphatic carbocycles. The topological polar surface area (TPSA) is 55.0 Å². The van der Waals surface area contributed by atoms with Crippen molar-refractivity contribution >= 4 is 11.6 Å². The highest BCUT2D eigenvalue weighted by molar-refractivity contribution is 5.49. The summed E-state index contributed by atoms with van der Waals surface area (Å²) in [5.41, 5.74) is 6.02. The highest BCUT2D eigenvalue weighted by atomic mass is 15.2. The molecule has 0 spiro atoms. The Hall–Kier alpha value is -1.32. The number of hydrogen-bond donors (Lipinski definition) is 1. The summed E-state index contributed by atoms with van der Waals surface area (Å²) in [6.07, 6.45) is 10.7. The molecule has 20 heavy (non-hydrogen) atoms. The lowest BCUT2D eigenvalue weighted by Gasteiger charge is -2.44. The van der Waals surface area contributed by atoms with Gasteiger partial charge in [0.1, 0.15) is 17.5 Å². The van der Waals surface area contributed by atoms with Crippen LogP contribution in [0.3, 0.4) is 0 Å². The smallest absolute Gasteiger partial charge is 0.136 e. The van der Waals surface area contributed by atoms with Gasteiger partial charge in [0, 0.05) is 24.6 Å². The molecule has 4 rings (SSSR count). The third-order valence-electron chi connectivity index (χ3n) is 5.23. The number of anilines is 2. The number of hydrogen-bond acceptors (Lipinski definition) is 4. The fourth-order valence-electron chi connectivity index (χ4n) is 4.05. The molecule has 0 unspecified atom stereocenters. The van der Waals surface area contributed by atoms with Gasteiger partial charge in [0.25, 0.3) is 0 Å². The first-order chi connectivity index (χ1) is 9.81. The molecule has 1 aromatic rings. The monoisotopic (exact) mass is 272 g/mol. The number of aromatic nitrogens is 2. The van der Waals surface area contributed by atoms with Crippen LogP contribution in [0.15, 0.2) is 6.07 Å². The Morgan fingerprint density at radius 2 is 1.80 bits per heavy atom. The van der Waals surface area contributed by atoms with Gasteiger partial charge in [-0.3, -0.25) is 0 Å². The molecule has 0 radical (unpaired) electrons. The number of nitrogens with two attached hydrogens (primary N) is 1. The highest BCUT2D eigenvalue weighted by Crippen LogP contribution is 2.41. The van der Waals surface area contributed by atoms with Gasteiger partial charge in [0.05, 0.1) is 0 Å². The molecule has 2 N–H and O–H groups in total. The summed E-state index contributed by atoms with van der Waals surface area (Å²) < 4.78 is 0. The van der Waals surface area contributed by atoms with E-state index < -0.39 is 0 Å². The fourth-order valence-corrected chi connectivity index (χ4v) is 4.05. The van der Waals surface area contributed by atoms with Crippen LogP contribution in [0.25, 0.3) is 0 Å². The Morgan fingerprint density at radius 1 is 1.00 bits per heavy atom. The van der Waals surface area contributed by atoms with Gasteiger partial charge in [-0.05, 0) is 44.4 Å². The standard InChI is InChI=1S/C16H24N4/c17-14-10-15(19-16(18-14)12-7-8-12)20-9-3-5-11-4-1-2-6-13(11)20/h10-13H,1-9H2,(H2,17,18,19)/t11-,13-/m1/s1. The van der Waals surface area contributed by atoms with E-state index in [0.717, 1.165) is 24.1 Å². The lowest BCUT2D eigenvalue weighted by molar-refractivity contribution is 0.242. The normalized spacial score (nSPS) is 30.1. The quantitative estimate of drug-likeness (QED) is 0.899. The summed E-state index contributed by atoms with van der Waals surface area (Å²) in [6.45, 7) is 1.14. The van der Waals surface area contributed by atoms with Gasteiger partial charge >= 0.3 is 0 Å². The van der Waals surface area contributed by atoms with Crippen molar-refractivity contribution in [3.05, 3.63) is 11.9 Å². The molecule has 108 valence electrons. The summed E-state index contributed by atoms with van der Waals surface area (Å²) in [6, 6.07) is 2.68. The molecule has 1 aromatic heterocycles. The maximum absolute atomic E-state index is 6.02. The van der Waals surface area contributed by atoms with Gasteiger partial charge < -0.3 is 10.6 Å². The largest absolute Gasteiger partial charge is 0.384 e. The zero-order valence-electron chi connectivity index (χ0n) is 12.1. The predicted molar refractivity (Wildman–Crippen MR) is 80.7 cm³/mol. The van der Waals surface area contributed by atoms with E-state index in [4.69, 9.17) is 10.7 Å². The van der Waals surface area contributed by atoms with E-state index in [-0.39, 0.29) is 0 Å². The van der Waals surface area contributed by atoms with Crippen molar-refractivity contribution in [2.75, 3.05) is 17.2 Å². The number of nitrogen functional groups attached to an aromatic ring is 1. The van der Waals surface area contributed by atoms with Crippen LogP contribution < -0.4 is 10.6 Å². The van der Waals surface area contributed by atoms with Gasteiger partial charge in [-0.1, -0.05) is 12.8 Å². The second kappa shape index (κ2) is 4.90. The minimum atomic E-state index is 0.573. The summed E-state index contributed by atoms with van der Waals surface area (Å²) >= 11 is 0. The van der Waals surface area contributed by atoms with E-state index in [1.165, 1.54) is 51.4 Å². The summed E-state index contributed by atoms with van der Waals surface area (Å²) in [5, 5.41) is 0. The maximum Gasteiger partial charge on any atom is 0.136 e. The first kappa shape index (κ1) is 12.4. The maximum atomic E-state index is 6.02. The molecule has 2 heterocycles. The first-order valence-corrected chi connectivity index (χ1v) is 8.22. The van der Waals surface area contributed by atoms with Crippen LogP contribution in [0.4, 0.5) is 11.6 Å². The average molecular weight is 272 g/mol. The van der Waals surface area contributed by atoms with E-state index in [9.17, 15) is 0 Å². The lowest BCUT2D eigenvalue weighted by Crippen LogP contribution is -2.47. The zero-order chi connectivity index (χ0) is 13.5. The summed E-state index contributed by atoms with van der Waals surface area (Å²) in [7, 11) is 0. The van der Waals surface area contributed by atoms with Gasteiger partial charge in [-0.15, -0.1) is 0 Å². The molecule has 3 fully saturated rings. The first-order valence-electron chi connectivity index (χ1n) is 8.22. The average Bonchev–Trinajstić information content (AvgIpc) is 3.30. The molecule has 2 saturated carbocycles. The molecule has 0 amide bonds. The van der Waals surface area contributed by atoms with Crippen molar-refractivity contribution in [3.63, 3.8) is 0 Å². The van der Waals surface area contributed by atoms with Crippen LogP contribution in [0.1, 0.15) is 63.1 Å². The Bertz CT molecular complexity index is 495. The van der Waals surface area contributed by atoms with Crippen molar-refractivity contribution in [2.24, 2.45) is 5.92 Å². The summed E-state index contributed by atoms with van der Waals surface area (Å²) in [5.74, 6) is 4.17. The number of rotatable bonds is 2. The van der Waals surface area contributed by atoms with Crippen LogP contribution in [0.5, 0.6) is 0 Å². The van der Waals surface area contributed by atoms with E-state index in [1.807, 2.05) is 6.07 Å². The van der Waals surface area contributed by atoms with Gasteiger partial charge in [0.2, 0.25) is 0 Å². The van der Waals surface area contributed by atoms with E-state index in [2.05, 4.69) is 9.88 Å². The third kappa shape index (κ3) is 2.25. The van der Waals surface area contributed by atoms with E-state index in [0.29, 0.717) is 17.8 Å². The van der Waals surface area contributed by atoms with Gasteiger partial charge in [-0.2, -0.15) is 0 Å². The third-order valence-corrected chi connectivity index (χ3v) is 5.23. The Labute approximate surface area is 120 Å². The van der Waals surface area contributed by atoms with Crippen LogP contribution in [0, 0.1) is 5.92 Å².